The molecular formula is C11H19NO2S2. The van der Waals surface area contributed by atoms with Crippen molar-refractivity contribution in [1.29, 1.82) is 0 Å². The fraction of sp³-hybridized carbons (Fsp3) is 0.636. The molecule has 0 saturated carbocycles. The van der Waals surface area contributed by atoms with Crippen molar-refractivity contribution in [3.63, 3.8) is 0 Å². The maximum absolute atomic E-state index is 11.1. The lowest BCUT2D eigenvalue weighted by Crippen LogP contribution is -2.34. The van der Waals surface area contributed by atoms with Gasteiger partial charge in [0.1, 0.15) is 9.84 Å². The molecule has 1 heterocycles. The second kappa shape index (κ2) is 5.29. The van der Waals surface area contributed by atoms with Gasteiger partial charge in [-0.2, -0.15) is 0 Å². The zero-order chi connectivity index (χ0) is 12.3. The summed E-state index contributed by atoms with van der Waals surface area (Å²) in [5.41, 5.74) is 1.26. The Kier molecular flexibility index (Phi) is 4.52. The van der Waals surface area contributed by atoms with Crippen LogP contribution in [-0.2, 0) is 9.84 Å². The number of hydrogen-bond donors (Lipinski definition) is 1. The summed E-state index contributed by atoms with van der Waals surface area (Å²) in [7, 11) is -2.91. The molecule has 0 bridgehead atoms. The lowest BCUT2D eigenvalue weighted by Gasteiger charge is -2.19. The Morgan fingerprint density at radius 2 is 2.06 bits per heavy atom. The highest BCUT2D eigenvalue weighted by Crippen LogP contribution is 2.23. The van der Waals surface area contributed by atoms with Gasteiger partial charge in [-0.15, -0.1) is 11.3 Å². The highest BCUT2D eigenvalue weighted by molar-refractivity contribution is 7.90. The SMILES string of the molecule is Cc1ccsc1C(C)NC(C)CS(C)(=O)=O. The highest BCUT2D eigenvalue weighted by atomic mass is 32.2. The molecule has 1 rings (SSSR count). The van der Waals surface area contributed by atoms with Crippen LogP contribution in [0.3, 0.4) is 0 Å². The van der Waals surface area contributed by atoms with Crippen LogP contribution in [0.5, 0.6) is 0 Å². The first-order valence-electron chi connectivity index (χ1n) is 5.27. The number of nitrogens with one attached hydrogen (secondary N) is 1. The zero-order valence-corrected chi connectivity index (χ0v) is 11.8. The molecule has 0 saturated heterocycles. The van der Waals surface area contributed by atoms with Gasteiger partial charge < -0.3 is 5.32 Å². The first kappa shape index (κ1) is 13.7. The molecule has 3 nitrogen and oxygen atoms in total. The first-order chi connectivity index (χ1) is 7.29. The van der Waals surface area contributed by atoms with Crippen molar-refractivity contribution < 1.29 is 8.42 Å². The van der Waals surface area contributed by atoms with E-state index in [1.165, 1.54) is 16.7 Å². The Balaban J connectivity index is 2.59. The van der Waals surface area contributed by atoms with Crippen LogP contribution in [0.4, 0.5) is 0 Å². The summed E-state index contributed by atoms with van der Waals surface area (Å²) in [5.74, 6) is 0.182. The molecule has 0 aliphatic heterocycles. The summed E-state index contributed by atoms with van der Waals surface area (Å²) in [6, 6.07) is 2.27. The summed E-state index contributed by atoms with van der Waals surface area (Å²) < 4.78 is 22.3. The van der Waals surface area contributed by atoms with E-state index < -0.39 is 9.84 Å². The summed E-state index contributed by atoms with van der Waals surface area (Å²) in [5, 5.41) is 5.37. The Morgan fingerprint density at radius 3 is 2.50 bits per heavy atom. The Labute approximate surface area is 102 Å². The summed E-state index contributed by atoms with van der Waals surface area (Å²) in [4.78, 5) is 1.28. The van der Waals surface area contributed by atoms with Crippen molar-refractivity contribution in [2.24, 2.45) is 0 Å². The molecule has 92 valence electrons. The van der Waals surface area contributed by atoms with Gasteiger partial charge in [0.2, 0.25) is 0 Å². The molecule has 1 aromatic heterocycles. The third-order valence-electron chi connectivity index (χ3n) is 2.38. The van der Waals surface area contributed by atoms with Gasteiger partial charge in [0.05, 0.1) is 5.75 Å². The molecule has 2 atom stereocenters. The van der Waals surface area contributed by atoms with Gasteiger partial charge in [-0.1, -0.05) is 0 Å². The molecule has 5 heteroatoms. The average molecular weight is 261 g/mol. The highest BCUT2D eigenvalue weighted by Gasteiger charge is 2.15. The van der Waals surface area contributed by atoms with Crippen LogP contribution in [0.2, 0.25) is 0 Å². The fourth-order valence-electron chi connectivity index (χ4n) is 1.83. The van der Waals surface area contributed by atoms with E-state index in [2.05, 4.69) is 30.6 Å². The predicted octanol–water partition coefficient (Wildman–Crippen LogP) is 2.14. The Hall–Kier alpha value is -0.390. The van der Waals surface area contributed by atoms with Gasteiger partial charge in [-0.25, -0.2) is 8.42 Å². The van der Waals surface area contributed by atoms with Crippen LogP contribution in [0.15, 0.2) is 11.4 Å². The number of thiophene rings is 1. The molecule has 1 N–H and O–H groups in total. The van der Waals surface area contributed by atoms with Gasteiger partial charge >= 0.3 is 0 Å². The summed E-state index contributed by atoms with van der Waals surface area (Å²) >= 11 is 1.71. The Morgan fingerprint density at radius 1 is 1.44 bits per heavy atom. The number of aryl methyl sites for hydroxylation is 1. The average Bonchev–Trinajstić information content (AvgIpc) is 2.47. The van der Waals surface area contributed by atoms with Crippen molar-refractivity contribution in [2.45, 2.75) is 32.9 Å². The second-order valence-corrected chi connectivity index (χ2v) is 7.48. The van der Waals surface area contributed by atoms with Crippen LogP contribution in [0, 0.1) is 6.92 Å². The molecular weight excluding hydrogens is 242 g/mol. The molecule has 0 aliphatic carbocycles. The molecule has 0 spiro atoms. The van der Waals surface area contributed by atoms with Crippen LogP contribution in [0.25, 0.3) is 0 Å². The summed E-state index contributed by atoms with van der Waals surface area (Å²) in [6.45, 7) is 6.04. The van der Waals surface area contributed by atoms with Crippen molar-refractivity contribution in [1.82, 2.24) is 5.32 Å². The molecule has 0 radical (unpaired) electrons. The zero-order valence-electron chi connectivity index (χ0n) is 10.1. The maximum atomic E-state index is 11.1. The van der Waals surface area contributed by atoms with Crippen molar-refractivity contribution >= 4 is 21.2 Å². The standard InChI is InChI=1S/C11H19NO2S2/c1-8-5-6-15-11(8)10(3)12-9(2)7-16(4,13)14/h5-6,9-10,12H,7H2,1-4H3. The van der Waals surface area contributed by atoms with Gasteiger partial charge in [-0.05, 0) is 37.8 Å². The monoisotopic (exact) mass is 261 g/mol. The van der Waals surface area contributed by atoms with E-state index >= 15 is 0 Å². The van der Waals surface area contributed by atoms with Crippen molar-refractivity contribution in [2.75, 3.05) is 12.0 Å². The van der Waals surface area contributed by atoms with Gasteiger partial charge in [-0.3, -0.25) is 0 Å². The predicted molar refractivity (Wildman–Crippen MR) is 69.8 cm³/mol. The van der Waals surface area contributed by atoms with E-state index in [0.29, 0.717) is 0 Å². The normalized spacial score (nSPS) is 16.0. The van der Waals surface area contributed by atoms with E-state index in [1.54, 1.807) is 11.3 Å². The van der Waals surface area contributed by atoms with Gasteiger partial charge in [0.25, 0.3) is 0 Å². The van der Waals surface area contributed by atoms with Crippen LogP contribution in [-0.4, -0.2) is 26.5 Å². The van der Waals surface area contributed by atoms with E-state index in [4.69, 9.17) is 0 Å². The third kappa shape index (κ3) is 4.23. The second-order valence-electron chi connectivity index (χ2n) is 4.35. The topological polar surface area (TPSA) is 46.2 Å². The molecule has 16 heavy (non-hydrogen) atoms. The molecule has 0 aromatic carbocycles. The molecule has 0 amide bonds. The third-order valence-corrected chi connectivity index (χ3v) is 4.69. The minimum absolute atomic E-state index is 0.0218. The molecule has 0 fully saturated rings. The van der Waals surface area contributed by atoms with E-state index in [-0.39, 0.29) is 17.8 Å². The minimum Gasteiger partial charge on any atom is -0.306 e. The lowest BCUT2D eigenvalue weighted by molar-refractivity contribution is 0.504. The maximum Gasteiger partial charge on any atom is 0.148 e. The molecule has 2 unspecified atom stereocenters. The quantitative estimate of drug-likeness (QED) is 0.883. The van der Waals surface area contributed by atoms with Crippen LogP contribution >= 0.6 is 11.3 Å². The largest absolute Gasteiger partial charge is 0.306 e. The van der Waals surface area contributed by atoms with Crippen LogP contribution in [0.1, 0.15) is 30.3 Å². The fourth-order valence-corrected chi connectivity index (χ4v) is 3.78. The lowest BCUT2D eigenvalue weighted by atomic mass is 10.2. The van der Waals surface area contributed by atoms with E-state index in [9.17, 15) is 8.42 Å². The first-order valence-corrected chi connectivity index (χ1v) is 8.21. The van der Waals surface area contributed by atoms with Gasteiger partial charge in [0.15, 0.2) is 0 Å². The van der Waals surface area contributed by atoms with Gasteiger partial charge in [0, 0.05) is 23.2 Å². The van der Waals surface area contributed by atoms with E-state index in [0.717, 1.165) is 0 Å². The van der Waals surface area contributed by atoms with Crippen molar-refractivity contribution in [3.05, 3.63) is 21.9 Å². The summed E-state index contributed by atoms with van der Waals surface area (Å²) in [6.07, 6.45) is 1.27. The van der Waals surface area contributed by atoms with Crippen molar-refractivity contribution in [3.8, 4) is 0 Å². The smallest absolute Gasteiger partial charge is 0.148 e. The molecule has 1 aromatic rings. The van der Waals surface area contributed by atoms with Crippen LogP contribution < -0.4 is 5.32 Å². The van der Waals surface area contributed by atoms with E-state index in [1.807, 2.05) is 6.92 Å². The number of sulfone groups is 1. The minimum atomic E-state index is -2.91. The molecule has 0 aliphatic rings. The number of hydrogen-bond acceptors (Lipinski definition) is 4. The number of rotatable bonds is 5. The Bertz CT molecular complexity index is 437.